The third-order valence-corrected chi connectivity index (χ3v) is 2.68. The molecule has 88 valence electrons. The van der Waals surface area contributed by atoms with Crippen LogP contribution in [0.4, 0.5) is 0 Å². The number of rotatable bonds is 4. The van der Waals surface area contributed by atoms with Crippen molar-refractivity contribution in [1.29, 1.82) is 0 Å². The quantitative estimate of drug-likeness (QED) is 0.240. The van der Waals surface area contributed by atoms with E-state index in [1.807, 2.05) is 0 Å². The van der Waals surface area contributed by atoms with Crippen LogP contribution in [0.3, 0.4) is 0 Å². The van der Waals surface area contributed by atoms with Crippen molar-refractivity contribution < 1.29 is 51.6 Å². The molecule has 0 aliphatic rings. The van der Waals surface area contributed by atoms with Gasteiger partial charge in [0.1, 0.15) is 0 Å². The SMILES string of the molecule is CC[N+](CC)(CC)CC.O=S(=O)([O-])[O-].[Na+]. The maximum atomic E-state index is 8.52. The van der Waals surface area contributed by atoms with Gasteiger partial charge in [0.15, 0.2) is 0 Å². The van der Waals surface area contributed by atoms with Gasteiger partial charge in [0.25, 0.3) is 0 Å². The Labute approximate surface area is 115 Å². The van der Waals surface area contributed by atoms with E-state index in [1.54, 1.807) is 0 Å². The molecule has 0 amide bonds. The van der Waals surface area contributed by atoms with Gasteiger partial charge in [-0.05, 0) is 27.7 Å². The van der Waals surface area contributed by atoms with E-state index in [0.717, 1.165) is 0 Å². The first-order valence-corrected chi connectivity index (χ1v) is 6.09. The van der Waals surface area contributed by atoms with Crippen molar-refractivity contribution in [3.05, 3.63) is 0 Å². The van der Waals surface area contributed by atoms with Crippen LogP contribution in [0.1, 0.15) is 27.7 Å². The van der Waals surface area contributed by atoms with Crippen LogP contribution in [0.5, 0.6) is 0 Å². The Bertz CT molecular complexity index is 201. The zero-order chi connectivity index (χ0) is 11.8. The van der Waals surface area contributed by atoms with Crippen LogP contribution in [0, 0.1) is 0 Å². The van der Waals surface area contributed by atoms with Gasteiger partial charge < -0.3 is 13.6 Å². The van der Waals surface area contributed by atoms with Gasteiger partial charge in [-0.1, -0.05) is 0 Å². The predicted octanol–water partition coefficient (Wildman–Crippen LogP) is -2.45. The topological polar surface area (TPSA) is 80.3 Å². The summed E-state index contributed by atoms with van der Waals surface area (Å²) in [5.41, 5.74) is 0. The second-order valence-electron chi connectivity index (χ2n) is 3.01. The zero-order valence-corrected chi connectivity index (χ0v) is 13.1. The van der Waals surface area contributed by atoms with Gasteiger partial charge in [0, 0.05) is 10.4 Å². The molecule has 15 heavy (non-hydrogen) atoms. The van der Waals surface area contributed by atoms with Crippen LogP contribution in [-0.2, 0) is 10.4 Å². The van der Waals surface area contributed by atoms with E-state index in [0.29, 0.717) is 0 Å². The minimum atomic E-state index is -5.17. The zero-order valence-electron chi connectivity index (χ0n) is 10.3. The predicted molar refractivity (Wildman–Crippen MR) is 52.9 cm³/mol. The Morgan fingerprint density at radius 1 is 0.867 bits per heavy atom. The summed E-state index contributed by atoms with van der Waals surface area (Å²) in [6.45, 7) is 14.2. The molecule has 7 heteroatoms. The number of hydrogen-bond acceptors (Lipinski definition) is 4. The minimum absolute atomic E-state index is 0. The van der Waals surface area contributed by atoms with E-state index in [-0.39, 0.29) is 29.6 Å². The summed E-state index contributed by atoms with van der Waals surface area (Å²) in [5.74, 6) is 0. The van der Waals surface area contributed by atoms with Gasteiger partial charge in [-0.2, -0.15) is 0 Å². The molecule has 0 N–H and O–H groups in total. The number of quaternary nitrogens is 1. The molecule has 0 unspecified atom stereocenters. The standard InChI is InChI=1S/C8H20N.Na.H2O4S/c1-5-9(6-2,7-3)8-4;;1-5(2,3)4/h5-8H2,1-4H3;;(H2,1,2,3,4)/q2*+1;/p-2. The molecule has 5 nitrogen and oxygen atoms in total. The third kappa shape index (κ3) is 14.8. The van der Waals surface area contributed by atoms with Crippen molar-refractivity contribution in [3.8, 4) is 0 Å². The summed E-state index contributed by atoms with van der Waals surface area (Å²) in [7, 11) is -5.17. The van der Waals surface area contributed by atoms with Gasteiger partial charge in [0.2, 0.25) is 0 Å². The molecule has 0 saturated heterocycles. The molecule has 0 spiro atoms. The van der Waals surface area contributed by atoms with E-state index in [9.17, 15) is 0 Å². The molecule has 0 fully saturated rings. The molecular formula is C8H20NNaO4S. The number of hydrogen-bond donors (Lipinski definition) is 0. The largest absolute Gasteiger partial charge is 1.00 e. The fourth-order valence-corrected chi connectivity index (χ4v) is 1.34. The summed E-state index contributed by atoms with van der Waals surface area (Å²) >= 11 is 0. The maximum absolute atomic E-state index is 8.52. The molecule has 0 saturated carbocycles. The second-order valence-corrected chi connectivity index (χ2v) is 3.83. The maximum Gasteiger partial charge on any atom is 1.00 e. The van der Waals surface area contributed by atoms with Crippen LogP contribution in [0.25, 0.3) is 0 Å². The van der Waals surface area contributed by atoms with Crippen molar-refractivity contribution in [2.45, 2.75) is 27.7 Å². The monoisotopic (exact) mass is 249 g/mol. The first-order chi connectivity index (χ1) is 6.24. The fraction of sp³-hybridized carbons (Fsp3) is 1.00. The van der Waals surface area contributed by atoms with Crippen LogP contribution < -0.4 is 29.6 Å². The first-order valence-electron chi connectivity index (χ1n) is 4.76. The van der Waals surface area contributed by atoms with E-state index in [1.165, 1.54) is 30.7 Å². The minimum Gasteiger partial charge on any atom is -0.759 e. The average molecular weight is 249 g/mol. The van der Waals surface area contributed by atoms with Gasteiger partial charge in [-0.15, -0.1) is 0 Å². The Morgan fingerprint density at radius 3 is 1.00 bits per heavy atom. The molecule has 0 aromatic heterocycles. The average Bonchev–Trinajstić information content (AvgIpc) is 2.07. The first kappa shape index (κ1) is 21.1. The summed E-state index contributed by atoms with van der Waals surface area (Å²) in [5, 5.41) is 0. The molecule has 0 heterocycles. The molecule has 0 radical (unpaired) electrons. The van der Waals surface area contributed by atoms with Crippen molar-refractivity contribution >= 4 is 10.4 Å². The summed E-state index contributed by atoms with van der Waals surface area (Å²) in [4.78, 5) is 0. The Balaban J connectivity index is -0.000000208. The Kier molecular flexibility index (Phi) is 14.1. The van der Waals surface area contributed by atoms with Crippen LogP contribution >= 0.6 is 0 Å². The molecule has 0 aliphatic carbocycles. The molecule has 0 aliphatic heterocycles. The van der Waals surface area contributed by atoms with E-state index < -0.39 is 10.4 Å². The van der Waals surface area contributed by atoms with Crippen molar-refractivity contribution in [3.63, 3.8) is 0 Å². The number of nitrogens with zero attached hydrogens (tertiary/aromatic N) is 1. The second kappa shape index (κ2) is 10.0. The summed E-state index contributed by atoms with van der Waals surface area (Å²) < 4.78 is 35.4. The molecular weight excluding hydrogens is 229 g/mol. The van der Waals surface area contributed by atoms with Gasteiger partial charge in [-0.3, -0.25) is 8.42 Å². The van der Waals surface area contributed by atoms with Crippen LogP contribution in [0.15, 0.2) is 0 Å². The van der Waals surface area contributed by atoms with Gasteiger partial charge >= 0.3 is 29.6 Å². The van der Waals surface area contributed by atoms with E-state index in [2.05, 4.69) is 27.7 Å². The van der Waals surface area contributed by atoms with Crippen LogP contribution in [-0.4, -0.2) is 48.2 Å². The summed E-state index contributed by atoms with van der Waals surface area (Å²) in [6, 6.07) is 0. The van der Waals surface area contributed by atoms with Crippen molar-refractivity contribution in [2.24, 2.45) is 0 Å². The van der Waals surface area contributed by atoms with E-state index >= 15 is 0 Å². The molecule has 0 rings (SSSR count). The Hall–Kier alpha value is 0.830. The fourth-order valence-electron chi connectivity index (χ4n) is 1.34. The molecule has 0 aromatic rings. The normalized spacial score (nSPS) is 11.1. The van der Waals surface area contributed by atoms with Crippen LogP contribution in [0.2, 0.25) is 0 Å². The molecule has 0 atom stereocenters. The van der Waals surface area contributed by atoms with Crippen molar-refractivity contribution in [2.75, 3.05) is 26.2 Å². The van der Waals surface area contributed by atoms with Gasteiger partial charge in [0.05, 0.1) is 26.2 Å². The summed E-state index contributed by atoms with van der Waals surface area (Å²) in [6.07, 6.45) is 0. The third-order valence-electron chi connectivity index (χ3n) is 2.68. The van der Waals surface area contributed by atoms with Gasteiger partial charge in [-0.25, -0.2) is 0 Å². The molecule has 0 aromatic carbocycles. The Morgan fingerprint density at radius 2 is 1.00 bits per heavy atom. The van der Waals surface area contributed by atoms with E-state index in [4.69, 9.17) is 17.5 Å². The smallest absolute Gasteiger partial charge is 0.759 e. The van der Waals surface area contributed by atoms with Crippen molar-refractivity contribution in [1.82, 2.24) is 0 Å². The molecule has 0 bridgehead atoms.